The van der Waals surface area contributed by atoms with Crippen molar-refractivity contribution in [2.75, 3.05) is 25.5 Å². The van der Waals surface area contributed by atoms with E-state index in [4.69, 9.17) is 9.84 Å². The second-order valence-corrected chi connectivity index (χ2v) is 6.89. The Kier molecular flexibility index (Phi) is 7.10. The molecule has 1 aliphatic rings. The molecular weight excluding hydrogens is 320 g/mol. The van der Waals surface area contributed by atoms with E-state index in [-0.39, 0.29) is 12.6 Å². The Labute approximate surface area is 149 Å². The van der Waals surface area contributed by atoms with Crippen LogP contribution in [0.15, 0.2) is 24.3 Å². The van der Waals surface area contributed by atoms with Crippen LogP contribution < -0.4 is 10.1 Å². The molecule has 1 unspecified atom stereocenters. The molecule has 6 nitrogen and oxygen atoms in total. The number of urea groups is 1. The maximum absolute atomic E-state index is 12.1. The Hall–Kier alpha value is -2.24. The highest BCUT2D eigenvalue weighted by atomic mass is 16.5. The van der Waals surface area contributed by atoms with Crippen molar-refractivity contribution >= 4 is 17.7 Å². The number of hydrogen-bond acceptors (Lipinski definition) is 3. The molecule has 0 spiro atoms. The van der Waals surface area contributed by atoms with E-state index in [1.807, 2.05) is 12.1 Å². The molecule has 0 bridgehead atoms. The summed E-state index contributed by atoms with van der Waals surface area (Å²) in [5.41, 5.74) is 0.657. The fourth-order valence-corrected chi connectivity index (χ4v) is 2.99. The molecule has 0 aliphatic heterocycles. The lowest BCUT2D eigenvalue weighted by Gasteiger charge is -2.22. The molecule has 0 saturated heterocycles. The molecule has 0 radical (unpaired) electrons. The lowest BCUT2D eigenvalue weighted by Crippen LogP contribution is -2.36. The number of hydrogen-bond donors (Lipinski definition) is 2. The van der Waals surface area contributed by atoms with Gasteiger partial charge in [-0.1, -0.05) is 26.2 Å². The topological polar surface area (TPSA) is 78.9 Å². The van der Waals surface area contributed by atoms with Gasteiger partial charge in [-0.3, -0.25) is 4.79 Å². The van der Waals surface area contributed by atoms with Crippen LogP contribution in [0.25, 0.3) is 0 Å². The number of amides is 2. The fraction of sp³-hybridized carbons (Fsp3) is 0.579. The largest absolute Gasteiger partial charge is 0.493 e. The van der Waals surface area contributed by atoms with Gasteiger partial charge in [0.25, 0.3) is 0 Å². The number of benzene rings is 1. The summed E-state index contributed by atoms with van der Waals surface area (Å²) in [7, 11) is 1.58. The molecule has 25 heavy (non-hydrogen) atoms. The van der Waals surface area contributed by atoms with Gasteiger partial charge in [0.2, 0.25) is 0 Å². The lowest BCUT2D eigenvalue weighted by atomic mass is 9.90. The molecule has 1 saturated carbocycles. The first-order valence-electron chi connectivity index (χ1n) is 8.93. The predicted octanol–water partition coefficient (Wildman–Crippen LogP) is 3.83. The second-order valence-electron chi connectivity index (χ2n) is 6.89. The first-order valence-corrected chi connectivity index (χ1v) is 8.93. The summed E-state index contributed by atoms with van der Waals surface area (Å²) in [6.45, 7) is 2.48. The fourth-order valence-electron chi connectivity index (χ4n) is 2.99. The van der Waals surface area contributed by atoms with Crippen LogP contribution in [0.1, 0.15) is 39.0 Å². The molecule has 6 heteroatoms. The molecule has 2 N–H and O–H groups in total. The summed E-state index contributed by atoms with van der Waals surface area (Å²) >= 11 is 0. The van der Waals surface area contributed by atoms with Crippen molar-refractivity contribution in [1.82, 2.24) is 4.90 Å². The normalized spacial score (nSPS) is 16.1. The minimum absolute atomic E-state index is 0.156. The van der Waals surface area contributed by atoms with E-state index in [2.05, 4.69) is 5.32 Å². The van der Waals surface area contributed by atoms with Crippen molar-refractivity contribution in [1.29, 1.82) is 0 Å². The molecule has 1 fully saturated rings. The standard InChI is InChI=1S/C19H28N2O4/c1-14(18(22)23)12-21(2)19(24)20-16-8-10-17(11-9-16)25-13-15-6-4-3-5-7-15/h8-11,14-15H,3-7,12-13H2,1-2H3,(H,20,24)(H,22,23). The Morgan fingerprint density at radius 2 is 1.88 bits per heavy atom. The number of carboxylic acids is 1. The van der Waals surface area contributed by atoms with Crippen LogP contribution in [0.5, 0.6) is 5.75 Å². The summed E-state index contributed by atoms with van der Waals surface area (Å²) in [6, 6.07) is 6.95. The first kappa shape index (κ1) is 19.1. The quantitative estimate of drug-likeness (QED) is 0.785. The van der Waals surface area contributed by atoms with Crippen LogP contribution in [-0.2, 0) is 4.79 Å². The number of carbonyl (C=O) groups is 2. The van der Waals surface area contributed by atoms with Gasteiger partial charge in [-0.25, -0.2) is 4.79 Å². The minimum Gasteiger partial charge on any atom is -0.493 e. The molecule has 1 aliphatic carbocycles. The molecule has 1 atom stereocenters. The van der Waals surface area contributed by atoms with Crippen LogP contribution in [-0.4, -0.2) is 42.2 Å². The maximum atomic E-state index is 12.1. The van der Waals surface area contributed by atoms with E-state index in [0.717, 1.165) is 12.4 Å². The summed E-state index contributed by atoms with van der Waals surface area (Å²) in [5, 5.41) is 11.7. The highest BCUT2D eigenvalue weighted by molar-refractivity contribution is 5.89. The van der Waals surface area contributed by atoms with Gasteiger partial charge in [0, 0.05) is 19.3 Å². The molecule has 138 valence electrons. The van der Waals surface area contributed by atoms with Gasteiger partial charge < -0.3 is 20.1 Å². The van der Waals surface area contributed by atoms with Crippen LogP contribution in [0.3, 0.4) is 0 Å². The Morgan fingerprint density at radius 1 is 1.24 bits per heavy atom. The predicted molar refractivity (Wildman–Crippen MR) is 97.0 cm³/mol. The van der Waals surface area contributed by atoms with Crippen LogP contribution in [0.4, 0.5) is 10.5 Å². The van der Waals surface area contributed by atoms with Crippen molar-refractivity contribution < 1.29 is 19.4 Å². The van der Waals surface area contributed by atoms with E-state index in [9.17, 15) is 9.59 Å². The zero-order valence-electron chi connectivity index (χ0n) is 15.0. The number of nitrogens with zero attached hydrogens (tertiary/aromatic N) is 1. The number of aliphatic carboxylic acids is 1. The average Bonchev–Trinajstić information content (AvgIpc) is 2.61. The summed E-state index contributed by atoms with van der Waals surface area (Å²) in [6.07, 6.45) is 6.43. The minimum atomic E-state index is -0.917. The van der Waals surface area contributed by atoms with Crippen LogP contribution in [0, 0.1) is 11.8 Å². The van der Waals surface area contributed by atoms with Crippen molar-refractivity contribution in [2.45, 2.75) is 39.0 Å². The number of anilines is 1. The molecule has 0 heterocycles. The van der Waals surface area contributed by atoms with E-state index < -0.39 is 11.9 Å². The third kappa shape index (κ3) is 6.29. The van der Waals surface area contributed by atoms with Crippen molar-refractivity contribution in [2.24, 2.45) is 11.8 Å². The number of carbonyl (C=O) groups excluding carboxylic acids is 1. The van der Waals surface area contributed by atoms with Gasteiger partial charge in [-0.05, 0) is 43.0 Å². The molecule has 0 aromatic heterocycles. The van der Waals surface area contributed by atoms with Crippen molar-refractivity contribution in [3.63, 3.8) is 0 Å². The molecule has 1 aromatic rings. The summed E-state index contributed by atoms with van der Waals surface area (Å²) < 4.78 is 5.84. The third-order valence-corrected chi connectivity index (χ3v) is 4.63. The molecule has 1 aromatic carbocycles. The van der Waals surface area contributed by atoms with Crippen LogP contribution in [0.2, 0.25) is 0 Å². The summed E-state index contributed by atoms with van der Waals surface area (Å²) in [4.78, 5) is 24.3. The molecule has 2 amide bonds. The van der Waals surface area contributed by atoms with E-state index in [1.165, 1.54) is 37.0 Å². The maximum Gasteiger partial charge on any atom is 0.321 e. The SMILES string of the molecule is CC(CN(C)C(=O)Nc1ccc(OCC2CCCCC2)cc1)C(=O)O. The zero-order valence-corrected chi connectivity index (χ0v) is 15.0. The van der Waals surface area contributed by atoms with Gasteiger partial charge in [-0.2, -0.15) is 0 Å². The Bertz CT molecular complexity index is 567. The van der Waals surface area contributed by atoms with E-state index in [0.29, 0.717) is 11.6 Å². The number of rotatable bonds is 7. The summed E-state index contributed by atoms with van der Waals surface area (Å²) in [5.74, 6) is -0.0696. The average molecular weight is 348 g/mol. The Morgan fingerprint density at radius 3 is 2.48 bits per heavy atom. The van der Waals surface area contributed by atoms with Gasteiger partial charge in [-0.15, -0.1) is 0 Å². The first-order chi connectivity index (χ1) is 12.0. The van der Waals surface area contributed by atoms with Crippen molar-refractivity contribution in [3.05, 3.63) is 24.3 Å². The van der Waals surface area contributed by atoms with Gasteiger partial charge in [0.1, 0.15) is 5.75 Å². The van der Waals surface area contributed by atoms with Gasteiger partial charge in [0.15, 0.2) is 0 Å². The third-order valence-electron chi connectivity index (χ3n) is 4.63. The number of nitrogens with one attached hydrogen (secondary N) is 1. The van der Waals surface area contributed by atoms with E-state index >= 15 is 0 Å². The number of carboxylic acid groups (broad SMARTS) is 1. The lowest BCUT2D eigenvalue weighted by molar-refractivity contribution is -0.141. The molecular formula is C19H28N2O4. The smallest absolute Gasteiger partial charge is 0.321 e. The van der Waals surface area contributed by atoms with Crippen LogP contribution >= 0.6 is 0 Å². The van der Waals surface area contributed by atoms with Gasteiger partial charge >= 0.3 is 12.0 Å². The highest BCUT2D eigenvalue weighted by Gasteiger charge is 2.17. The molecule has 2 rings (SSSR count). The second kappa shape index (κ2) is 9.30. The van der Waals surface area contributed by atoms with Gasteiger partial charge in [0.05, 0.1) is 12.5 Å². The zero-order chi connectivity index (χ0) is 18.2. The number of ether oxygens (including phenoxy) is 1. The van der Waals surface area contributed by atoms with E-state index in [1.54, 1.807) is 26.1 Å². The monoisotopic (exact) mass is 348 g/mol. The van der Waals surface area contributed by atoms with Crippen molar-refractivity contribution in [3.8, 4) is 5.75 Å². The highest BCUT2D eigenvalue weighted by Crippen LogP contribution is 2.25. The Balaban J connectivity index is 1.78.